The van der Waals surface area contributed by atoms with E-state index in [-0.39, 0.29) is 23.8 Å². The van der Waals surface area contributed by atoms with E-state index in [0.29, 0.717) is 39.1 Å². The second-order valence-corrected chi connectivity index (χ2v) is 7.41. The minimum absolute atomic E-state index is 0.00738. The molecule has 0 bridgehead atoms. The predicted molar refractivity (Wildman–Crippen MR) is 102 cm³/mol. The van der Waals surface area contributed by atoms with Crippen molar-refractivity contribution in [3.05, 3.63) is 35.4 Å². The molecular formula is C20H28N4O3. The summed E-state index contributed by atoms with van der Waals surface area (Å²) in [5.41, 5.74) is 2.12. The van der Waals surface area contributed by atoms with Crippen molar-refractivity contribution < 1.29 is 14.4 Å². The summed E-state index contributed by atoms with van der Waals surface area (Å²) >= 11 is 0. The topological polar surface area (TPSA) is 73.0 Å². The molecule has 0 aliphatic carbocycles. The summed E-state index contributed by atoms with van der Waals surface area (Å²) in [5.74, 6) is 0.172. The lowest BCUT2D eigenvalue weighted by atomic mass is 10.1. The molecule has 7 heteroatoms. The molecule has 7 nitrogen and oxygen atoms in total. The molecule has 1 atom stereocenters. The van der Waals surface area contributed by atoms with E-state index in [1.165, 1.54) is 6.92 Å². The van der Waals surface area contributed by atoms with E-state index in [4.69, 9.17) is 0 Å². The zero-order chi connectivity index (χ0) is 19.4. The maximum Gasteiger partial charge on any atom is 0.239 e. The van der Waals surface area contributed by atoms with Crippen molar-refractivity contribution in [1.82, 2.24) is 20.0 Å². The van der Waals surface area contributed by atoms with Gasteiger partial charge >= 0.3 is 0 Å². The van der Waals surface area contributed by atoms with Gasteiger partial charge in [-0.15, -0.1) is 0 Å². The number of carbonyl (C=O) groups is 3. The van der Waals surface area contributed by atoms with E-state index in [9.17, 15) is 14.4 Å². The van der Waals surface area contributed by atoms with Gasteiger partial charge < -0.3 is 15.1 Å². The van der Waals surface area contributed by atoms with Gasteiger partial charge in [0.1, 0.15) is 6.04 Å². The standard InChI is InChI=1S/C20H28N4O3/c1-15(25)23-11-10-22(2)18(14-23)20(27)21-12-16-5-7-17(8-6-16)13-24-9-3-4-19(24)26/h5-8,18H,3-4,9-14H2,1-2H3,(H,21,27). The highest BCUT2D eigenvalue weighted by atomic mass is 16.2. The Morgan fingerprint density at radius 2 is 1.81 bits per heavy atom. The summed E-state index contributed by atoms with van der Waals surface area (Å²) in [5, 5.41) is 2.98. The van der Waals surface area contributed by atoms with Crippen molar-refractivity contribution in [3.8, 4) is 0 Å². The minimum atomic E-state index is -0.317. The number of amides is 3. The van der Waals surface area contributed by atoms with E-state index < -0.39 is 0 Å². The number of hydrogen-bond donors (Lipinski definition) is 1. The van der Waals surface area contributed by atoms with Gasteiger partial charge in [0.2, 0.25) is 17.7 Å². The van der Waals surface area contributed by atoms with Crippen LogP contribution in [0.25, 0.3) is 0 Å². The highest BCUT2D eigenvalue weighted by molar-refractivity contribution is 5.83. The number of nitrogens with zero attached hydrogens (tertiary/aromatic N) is 3. The monoisotopic (exact) mass is 372 g/mol. The highest BCUT2D eigenvalue weighted by Gasteiger charge is 2.30. The van der Waals surface area contributed by atoms with Crippen LogP contribution in [0.4, 0.5) is 0 Å². The van der Waals surface area contributed by atoms with E-state index >= 15 is 0 Å². The van der Waals surface area contributed by atoms with Crippen LogP contribution in [0.15, 0.2) is 24.3 Å². The van der Waals surface area contributed by atoms with Gasteiger partial charge in [0.15, 0.2) is 0 Å². The van der Waals surface area contributed by atoms with Crippen LogP contribution in [0.1, 0.15) is 30.9 Å². The fraction of sp³-hybridized carbons (Fsp3) is 0.550. The van der Waals surface area contributed by atoms with Gasteiger partial charge in [-0.05, 0) is 24.6 Å². The number of piperazine rings is 1. The summed E-state index contributed by atoms with van der Waals surface area (Å²) in [6, 6.07) is 7.68. The Morgan fingerprint density at radius 1 is 1.11 bits per heavy atom. The molecular weight excluding hydrogens is 344 g/mol. The van der Waals surface area contributed by atoms with Crippen molar-refractivity contribution in [3.63, 3.8) is 0 Å². The zero-order valence-electron chi connectivity index (χ0n) is 16.1. The van der Waals surface area contributed by atoms with Gasteiger partial charge in [0.25, 0.3) is 0 Å². The third kappa shape index (κ3) is 4.86. The molecule has 1 unspecified atom stereocenters. The Balaban J connectivity index is 1.51. The molecule has 0 aromatic heterocycles. The molecule has 146 valence electrons. The van der Waals surface area contributed by atoms with Gasteiger partial charge in [-0.25, -0.2) is 0 Å². The van der Waals surface area contributed by atoms with Gasteiger partial charge in [0.05, 0.1) is 0 Å². The first-order chi connectivity index (χ1) is 12.9. The Morgan fingerprint density at radius 3 is 2.44 bits per heavy atom. The van der Waals surface area contributed by atoms with Gasteiger partial charge in [-0.3, -0.25) is 19.3 Å². The Labute approximate surface area is 160 Å². The molecule has 2 fully saturated rings. The summed E-state index contributed by atoms with van der Waals surface area (Å²) in [6.45, 7) is 5.27. The van der Waals surface area contributed by atoms with Crippen LogP contribution in [-0.4, -0.2) is 71.7 Å². The largest absolute Gasteiger partial charge is 0.351 e. The minimum Gasteiger partial charge on any atom is -0.351 e. The summed E-state index contributed by atoms with van der Waals surface area (Å²) in [7, 11) is 1.91. The SMILES string of the molecule is CC(=O)N1CCN(C)C(C(=O)NCc2ccc(CN3CCCC3=O)cc2)C1. The molecule has 1 aromatic rings. The Kier molecular flexibility index (Phi) is 6.11. The second kappa shape index (κ2) is 8.52. The molecule has 3 rings (SSSR count). The van der Waals surface area contributed by atoms with E-state index in [0.717, 1.165) is 24.1 Å². The first kappa shape index (κ1) is 19.4. The first-order valence-electron chi connectivity index (χ1n) is 9.53. The molecule has 0 spiro atoms. The van der Waals surface area contributed by atoms with Crippen molar-refractivity contribution in [1.29, 1.82) is 0 Å². The number of likely N-dealkylation sites (tertiary alicyclic amines) is 1. The quantitative estimate of drug-likeness (QED) is 0.821. The maximum absolute atomic E-state index is 12.5. The Bertz CT molecular complexity index is 704. The number of nitrogens with one attached hydrogen (secondary N) is 1. The summed E-state index contributed by atoms with van der Waals surface area (Å²) in [6.07, 6.45) is 1.60. The highest BCUT2D eigenvalue weighted by Crippen LogP contribution is 2.15. The molecule has 2 aliphatic heterocycles. The van der Waals surface area contributed by atoms with Crippen LogP contribution in [0.2, 0.25) is 0 Å². The van der Waals surface area contributed by atoms with Gasteiger partial charge in [-0.1, -0.05) is 24.3 Å². The summed E-state index contributed by atoms with van der Waals surface area (Å²) in [4.78, 5) is 41.4. The van der Waals surface area contributed by atoms with Crippen LogP contribution < -0.4 is 5.32 Å². The fourth-order valence-electron chi connectivity index (χ4n) is 3.60. The normalized spacial score (nSPS) is 20.8. The average Bonchev–Trinajstić information content (AvgIpc) is 3.05. The maximum atomic E-state index is 12.5. The van der Waals surface area contributed by atoms with E-state index in [1.807, 2.05) is 41.1 Å². The molecule has 1 N–H and O–H groups in total. The van der Waals surface area contributed by atoms with Crippen molar-refractivity contribution in [2.24, 2.45) is 0 Å². The van der Waals surface area contributed by atoms with Crippen molar-refractivity contribution in [2.45, 2.75) is 38.9 Å². The van der Waals surface area contributed by atoms with Crippen molar-refractivity contribution in [2.75, 3.05) is 33.2 Å². The first-order valence-corrected chi connectivity index (χ1v) is 9.53. The lowest BCUT2D eigenvalue weighted by molar-refractivity contribution is -0.136. The van der Waals surface area contributed by atoms with Crippen LogP contribution in [0, 0.1) is 0 Å². The Hall–Kier alpha value is -2.41. The number of carbonyl (C=O) groups excluding carboxylic acids is 3. The van der Waals surface area contributed by atoms with Crippen molar-refractivity contribution >= 4 is 17.7 Å². The van der Waals surface area contributed by atoms with E-state index in [1.54, 1.807) is 4.90 Å². The van der Waals surface area contributed by atoms with Gasteiger partial charge in [0, 0.05) is 52.6 Å². The third-order valence-electron chi connectivity index (χ3n) is 5.43. The van der Waals surface area contributed by atoms with E-state index in [2.05, 4.69) is 5.32 Å². The lowest BCUT2D eigenvalue weighted by Gasteiger charge is -2.38. The molecule has 2 aliphatic rings. The molecule has 2 heterocycles. The smallest absolute Gasteiger partial charge is 0.239 e. The molecule has 2 saturated heterocycles. The number of benzene rings is 1. The lowest BCUT2D eigenvalue weighted by Crippen LogP contribution is -2.58. The number of likely N-dealkylation sites (N-methyl/N-ethyl adjacent to an activating group) is 1. The molecule has 3 amide bonds. The predicted octanol–water partition coefficient (Wildman–Crippen LogP) is 0.588. The van der Waals surface area contributed by atoms with Crippen LogP contribution >= 0.6 is 0 Å². The number of hydrogen-bond acceptors (Lipinski definition) is 4. The molecule has 0 saturated carbocycles. The third-order valence-corrected chi connectivity index (χ3v) is 5.43. The zero-order valence-corrected chi connectivity index (χ0v) is 16.1. The molecule has 27 heavy (non-hydrogen) atoms. The fourth-order valence-corrected chi connectivity index (χ4v) is 3.60. The number of rotatable bonds is 5. The van der Waals surface area contributed by atoms with Gasteiger partial charge in [-0.2, -0.15) is 0 Å². The summed E-state index contributed by atoms with van der Waals surface area (Å²) < 4.78 is 0. The second-order valence-electron chi connectivity index (χ2n) is 7.41. The van der Waals surface area contributed by atoms with Crippen LogP contribution in [-0.2, 0) is 27.5 Å². The molecule has 0 radical (unpaired) electrons. The van der Waals surface area contributed by atoms with Crippen LogP contribution in [0.5, 0.6) is 0 Å². The van der Waals surface area contributed by atoms with Crippen LogP contribution in [0.3, 0.4) is 0 Å². The average molecular weight is 372 g/mol. The molecule has 1 aromatic carbocycles.